The first kappa shape index (κ1) is 14.8. The molecule has 0 heterocycles. The summed E-state index contributed by atoms with van der Waals surface area (Å²) < 4.78 is 28.1. The molecule has 1 fully saturated rings. The first-order valence-corrected chi connectivity index (χ1v) is 8.56. The SMILES string of the molecule is Cc1cc(Br)c(N)cc1S(=O)(=O)NCC1(C)CCC1. The molecule has 3 N–H and O–H groups in total. The van der Waals surface area contributed by atoms with Gasteiger partial charge in [0.1, 0.15) is 0 Å². The van der Waals surface area contributed by atoms with E-state index in [-0.39, 0.29) is 10.3 Å². The summed E-state index contributed by atoms with van der Waals surface area (Å²) in [5.41, 5.74) is 7.00. The third-order valence-electron chi connectivity index (χ3n) is 3.83. The van der Waals surface area contributed by atoms with Gasteiger partial charge in [0.2, 0.25) is 10.0 Å². The van der Waals surface area contributed by atoms with Gasteiger partial charge in [0.25, 0.3) is 0 Å². The lowest BCUT2D eigenvalue weighted by molar-refractivity contribution is 0.166. The molecule has 4 nitrogen and oxygen atoms in total. The van der Waals surface area contributed by atoms with Crippen LogP contribution in [-0.4, -0.2) is 15.0 Å². The quantitative estimate of drug-likeness (QED) is 0.823. The maximum atomic E-state index is 12.3. The van der Waals surface area contributed by atoms with E-state index in [9.17, 15) is 8.42 Å². The molecule has 2 rings (SSSR count). The lowest BCUT2D eigenvalue weighted by Crippen LogP contribution is -2.40. The number of halogens is 1. The van der Waals surface area contributed by atoms with Crippen LogP contribution < -0.4 is 10.5 Å². The first-order chi connectivity index (χ1) is 8.73. The van der Waals surface area contributed by atoms with Crippen LogP contribution in [0.25, 0.3) is 0 Å². The molecule has 1 aliphatic rings. The molecule has 6 heteroatoms. The fraction of sp³-hybridized carbons (Fsp3) is 0.538. The Labute approximate surface area is 122 Å². The number of anilines is 1. The van der Waals surface area contributed by atoms with Crippen molar-refractivity contribution in [3.8, 4) is 0 Å². The molecular formula is C13H19BrN2O2S. The van der Waals surface area contributed by atoms with Crippen molar-refractivity contribution in [3.05, 3.63) is 22.2 Å². The molecule has 19 heavy (non-hydrogen) atoms. The lowest BCUT2D eigenvalue weighted by Gasteiger charge is -2.38. The number of hydrogen-bond donors (Lipinski definition) is 2. The van der Waals surface area contributed by atoms with Gasteiger partial charge in [-0.3, -0.25) is 0 Å². The molecule has 1 aromatic carbocycles. The van der Waals surface area contributed by atoms with Crippen LogP contribution in [0.15, 0.2) is 21.5 Å². The number of aryl methyl sites for hydroxylation is 1. The van der Waals surface area contributed by atoms with Crippen molar-refractivity contribution in [2.75, 3.05) is 12.3 Å². The molecule has 0 amide bonds. The van der Waals surface area contributed by atoms with Crippen LogP contribution in [0.2, 0.25) is 0 Å². The van der Waals surface area contributed by atoms with Crippen LogP contribution in [0.4, 0.5) is 5.69 Å². The maximum Gasteiger partial charge on any atom is 0.240 e. The Hall–Kier alpha value is -0.590. The van der Waals surface area contributed by atoms with Gasteiger partial charge in [-0.25, -0.2) is 13.1 Å². The van der Waals surface area contributed by atoms with Gasteiger partial charge in [0.05, 0.1) is 4.90 Å². The molecule has 0 aliphatic heterocycles. The standard InChI is InChI=1S/C13H19BrN2O2S/c1-9-6-10(14)11(15)7-12(9)19(17,18)16-8-13(2)4-3-5-13/h6-7,16H,3-5,8,15H2,1-2H3. The highest BCUT2D eigenvalue weighted by atomic mass is 79.9. The number of nitrogens with one attached hydrogen (secondary N) is 1. The number of rotatable bonds is 4. The van der Waals surface area contributed by atoms with Crippen molar-refractivity contribution in [2.24, 2.45) is 5.41 Å². The van der Waals surface area contributed by atoms with E-state index in [1.807, 2.05) is 0 Å². The topological polar surface area (TPSA) is 72.2 Å². The van der Waals surface area contributed by atoms with Crippen LogP contribution in [0.1, 0.15) is 31.7 Å². The second kappa shape index (κ2) is 5.07. The third-order valence-corrected chi connectivity index (χ3v) is 6.06. The minimum absolute atomic E-state index is 0.113. The molecule has 0 spiro atoms. The lowest BCUT2D eigenvalue weighted by atomic mass is 9.71. The second-order valence-electron chi connectivity index (χ2n) is 5.63. The Morgan fingerprint density at radius 2 is 2.05 bits per heavy atom. The van der Waals surface area contributed by atoms with Crippen LogP contribution >= 0.6 is 15.9 Å². The van der Waals surface area contributed by atoms with Crippen molar-refractivity contribution < 1.29 is 8.42 Å². The van der Waals surface area contributed by atoms with E-state index in [0.29, 0.717) is 17.8 Å². The molecule has 106 valence electrons. The van der Waals surface area contributed by atoms with E-state index in [2.05, 4.69) is 27.6 Å². The van der Waals surface area contributed by atoms with Crippen molar-refractivity contribution in [1.82, 2.24) is 4.72 Å². The average Bonchev–Trinajstić information content (AvgIpc) is 2.28. The van der Waals surface area contributed by atoms with E-state index in [1.165, 1.54) is 12.5 Å². The first-order valence-electron chi connectivity index (χ1n) is 6.29. The minimum Gasteiger partial charge on any atom is -0.398 e. The zero-order valence-corrected chi connectivity index (χ0v) is 13.6. The van der Waals surface area contributed by atoms with Crippen molar-refractivity contribution in [3.63, 3.8) is 0 Å². The van der Waals surface area contributed by atoms with E-state index in [0.717, 1.165) is 17.3 Å². The number of nitrogen functional groups attached to an aromatic ring is 1. The van der Waals surface area contributed by atoms with Crippen molar-refractivity contribution >= 4 is 31.6 Å². The highest BCUT2D eigenvalue weighted by molar-refractivity contribution is 9.10. The van der Waals surface area contributed by atoms with Gasteiger partial charge in [-0.2, -0.15) is 0 Å². The molecule has 1 aliphatic carbocycles. The fourth-order valence-electron chi connectivity index (χ4n) is 2.26. The smallest absolute Gasteiger partial charge is 0.240 e. The summed E-state index contributed by atoms with van der Waals surface area (Å²) in [5, 5.41) is 0. The molecule has 0 saturated heterocycles. The van der Waals surface area contributed by atoms with Crippen LogP contribution in [0.3, 0.4) is 0 Å². The van der Waals surface area contributed by atoms with Gasteiger partial charge < -0.3 is 5.73 Å². The molecule has 0 aromatic heterocycles. The van der Waals surface area contributed by atoms with Crippen LogP contribution in [-0.2, 0) is 10.0 Å². The average molecular weight is 347 g/mol. The van der Waals surface area contributed by atoms with Crippen molar-refractivity contribution in [2.45, 2.75) is 38.0 Å². The summed E-state index contributed by atoms with van der Waals surface area (Å²) in [4.78, 5) is 0.260. The van der Waals surface area contributed by atoms with Gasteiger partial charge in [-0.1, -0.05) is 13.3 Å². The summed E-state index contributed by atoms with van der Waals surface area (Å²) in [7, 11) is -3.49. The predicted molar refractivity (Wildman–Crippen MR) is 80.4 cm³/mol. The molecule has 1 saturated carbocycles. The van der Waals surface area contributed by atoms with Gasteiger partial charge in [0.15, 0.2) is 0 Å². The van der Waals surface area contributed by atoms with Gasteiger partial charge in [-0.15, -0.1) is 0 Å². The predicted octanol–water partition coefficient (Wildman–Crippen LogP) is 2.81. The third kappa shape index (κ3) is 3.12. The largest absolute Gasteiger partial charge is 0.398 e. The number of nitrogens with two attached hydrogens (primary N) is 1. The molecule has 0 atom stereocenters. The second-order valence-corrected chi connectivity index (χ2v) is 8.22. The summed E-state index contributed by atoms with van der Waals surface area (Å²) in [5.74, 6) is 0. The molecule has 0 unspecified atom stereocenters. The number of hydrogen-bond acceptors (Lipinski definition) is 3. The summed E-state index contributed by atoms with van der Waals surface area (Å²) in [6, 6.07) is 3.24. The van der Waals surface area contributed by atoms with Crippen LogP contribution in [0.5, 0.6) is 0 Å². The molecular weight excluding hydrogens is 328 g/mol. The zero-order chi connectivity index (χ0) is 14.3. The summed E-state index contributed by atoms with van der Waals surface area (Å²) in [6.45, 7) is 4.37. The van der Waals surface area contributed by atoms with Gasteiger partial charge in [-0.05, 0) is 58.8 Å². The van der Waals surface area contributed by atoms with Crippen molar-refractivity contribution in [1.29, 1.82) is 0 Å². The summed E-state index contributed by atoms with van der Waals surface area (Å²) >= 11 is 3.30. The van der Waals surface area contributed by atoms with E-state index >= 15 is 0 Å². The Morgan fingerprint density at radius 3 is 2.58 bits per heavy atom. The highest BCUT2D eigenvalue weighted by Crippen LogP contribution is 2.39. The Balaban J connectivity index is 2.22. The van der Waals surface area contributed by atoms with Crippen LogP contribution in [0, 0.1) is 12.3 Å². The molecule has 0 bridgehead atoms. The normalized spacial score (nSPS) is 18.1. The maximum absolute atomic E-state index is 12.3. The Bertz CT molecular complexity index is 595. The number of sulfonamides is 1. The zero-order valence-electron chi connectivity index (χ0n) is 11.2. The molecule has 1 aromatic rings. The minimum atomic E-state index is -3.49. The summed E-state index contributed by atoms with van der Waals surface area (Å²) in [6.07, 6.45) is 3.34. The fourth-order valence-corrected chi connectivity index (χ4v) is 4.18. The van der Waals surface area contributed by atoms with Gasteiger partial charge in [0, 0.05) is 16.7 Å². The van der Waals surface area contributed by atoms with E-state index < -0.39 is 10.0 Å². The number of benzene rings is 1. The van der Waals surface area contributed by atoms with Gasteiger partial charge >= 0.3 is 0 Å². The Morgan fingerprint density at radius 1 is 1.42 bits per heavy atom. The highest BCUT2D eigenvalue weighted by Gasteiger charge is 2.33. The molecule has 0 radical (unpaired) electrons. The monoisotopic (exact) mass is 346 g/mol. The Kier molecular flexibility index (Phi) is 3.95. The van der Waals surface area contributed by atoms with E-state index in [1.54, 1.807) is 13.0 Å². The van der Waals surface area contributed by atoms with E-state index in [4.69, 9.17) is 5.73 Å².